The molecular weight excluding hydrogens is 300 g/mol. The zero-order valence-corrected chi connectivity index (χ0v) is 14.3. The van der Waals surface area contributed by atoms with Crippen LogP contribution in [0, 0.1) is 13.8 Å². The van der Waals surface area contributed by atoms with Gasteiger partial charge in [0.25, 0.3) is 0 Å². The minimum absolute atomic E-state index is 0.0339. The van der Waals surface area contributed by atoms with Gasteiger partial charge in [0.15, 0.2) is 0 Å². The summed E-state index contributed by atoms with van der Waals surface area (Å²) in [5.74, 6) is 0.816. The van der Waals surface area contributed by atoms with Gasteiger partial charge in [-0.2, -0.15) is 0 Å². The molecule has 2 aromatic carbocycles. The monoisotopic (exact) mass is 322 g/mol. The number of nitrogens with one attached hydrogen (secondary N) is 1. The number of benzene rings is 2. The Morgan fingerprint density at radius 3 is 2.71 bits per heavy atom. The van der Waals surface area contributed by atoms with Crippen LogP contribution in [0.5, 0.6) is 5.75 Å². The maximum Gasteiger partial charge on any atom is 0.244 e. The highest BCUT2D eigenvalue weighted by molar-refractivity contribution is 5.92. The SMILES string of the molecule is CCOc1ccc2c(ccn2CC(=O)Nc2ccc(C)cc2C)c1. The van der Waals surface area contributed by atoms with E-state index < -0.39 is 0 Å². The Kier molecular flexibility index (Phi) is 4.56. The van der Waals surface area contributed by atoms with Gasteiger partial charge in [0, 0.05) is 22.8 Å². The molecule has 0 spiro atoms. The summed E-state index contributed by atoms with van der Waals surface area (Å²) in [6.07, 6.45) is 1.93. The number of anilines is 1. The average Bonchev–Trinajstić information content (AvgIpc) is 2.93. The fourth-order valence-corrected chi connectivity index (χ4v) is 2.87. The lowest BCUT2D eigenvalue weighted by Gasteiger charge is -2.10. The van der Waals surface area contributed by atoms with E-state index in [1.807, 2.05) is 67.9 Å². The Balaban J connectivity index is 1.75. The number of carbonyl (C=O) groups is 1. The highest BCUT2D eigenvalue weighted by Crippen LogP contribution is 2.22. The van der Waals surface area contributed by atoms with Crippen LogP contribution in [0.4, 0.5) is 5.69 Å². The third-order valence-electron chi connectivity index (χ3n) is 4.02. The molecule has 4 heteroatoms. The molecular formula is C20H22N2O2. The summed E-state index contributed by atoms with van der Waals surface area (Å²) in [7, 11) is 0. The van der Waals surface area contributed by atoms with Gasteiger partial charge >= 0.3 is 0 Å². The zero-order chi connectivity index (χ0) is 17.1. The normalized spacial score (nSPS) is 10.8. The summed E-state index contributed by atoms with van der Waals surface area (Å²) < 4.78 is 7.47. The van der Waals surface area contributed by atoms with Gasteiger partial charge in [0.2, 0.25) is 5.91 Å². The molecule has 1 amide bonds. The smallest absolute Gasteiger partial charge is 0.244 e. The summed E-state index contributed by atoms with van der Waals surface area (Å²) in [4.78, 5) is 12.4. The quantitative estimate of drug-likeness (QED) is 0.761. The molecule has 0 radical (unpaired) electrons. The van der Waals surface area contributed by atoms with E-state index in [1.54, 1.807) is 0 Å². The molecule has 24 heavy (non-hydrogen) atoms. The minimum Gasteiger partial charge on any atom is -0.494 e. The number of fused-ring (bicyclic) bond motifs is 1. The first kappa shape index (κ1) is 16.1. The fourth-order valence-electron chi connectivity index (χ4n) is 2.87. The van der Waals surface area contributed by atoms with E-state index in [9.17, 15) is 4.79 Å². The molecule has 1 aromatic heterocycles. The number of hydrogen-bond acceptors (Lipinski definition) is 2. The molecule has 0 aliphatic rings. The van der Waals surface area contributed by atoms with Gasteiger partial charge in [-0.05, 0) is 56.7 Å². The second-order valence-corrected chi connectivity index (χ2v) is 5.96. The molecule has 0 unspecified atom stereocenters. The van der Waals surface area contributed by atoms with Crippen molar-refractivity contribution in [2.75, 3.05) is 11.9 Å². The van der Waals surface area contributed by atoms with Crippen molar-refractivity contribution < 1.29 is 9.53 Å². The summed E-state index contributed by atoms with van der Waals surface area (Å²) >= 11 is 0. The Labute approximate surface area is 142 Å². The Bertz CT molecular complexity index is 880. The van der Waals surface area contributed by atoms with Crippen LogP contribution in [0.25, 0.3) is 10.9 Å². The van der Waals surface area contributed by atoms with E-state index in [0.29, 0.717) is 6.61 Å². The third-order valence-corrected chi connectivity index (χ3v) is 4.02. The van der Waals surface area contributed by atoms with E-state index in [1.165, 1.54) is 5.56 Å². The first-order chi connectivity index (χ1) is 11.6. The number of aromatic nitrogens is 1. The van der Waals surface area contributed by atoms with E-state index >= 15 is 0 Å². The number of amides is 1. The Hall–Kier alpha value is -2.75. The van der Waals surface area contributed by atoms with Crippen molar-refractivity contribution in [3.05, 3.63) is 59.8 Å². The van der Waals surface area contributed by atoms with Gasteiger partial charge in [0.05, 0.1) is 6.61 Å². The predicted octanol–water partition coefficient (Wildman–Crippen LogP) is 4.30. The molecule has 0 saturated carbocycles. The fraction of sp³-hybridized carbons (Fsp3) is 0.250. The number of ether oxygens (including phenoxy) is 1. The standard InChI is InChI=1S/C20H22N2O2/c1-4-24-17-6-8-19-16(12-17)9-10-22(19)13-20(23)21-18-7-5-14(2)11-15(18)3/h5-12H,4,13H2,1-3H3,(H,21,23). The first-order valence-electron chi connectivity index (χ1n) is 8.15. The van der Waals surface area contributed by atoms with Gasteiger partial charge in [-0.25, -0.2) is 0 Å². The minimum atomic E-state index is -0.0339. The van der Waals surface area contributed by atoms with E-state index in [0.717, 1.165) is 27.9 Å². The predicted molar refractivity (Wildman–Crippen MR) is 97.7 cm³/mol. The van der Waals surface area contributed by atoms with Gasteiger partial charge < -0.3 is 14.6 Å². The molecule has 1 heterocycles. The van der Waals surface area contributed by atoms with E-state index in [2.05, 4.69) is 11.4 Å². The second kappa shape index (κ2) is 6.79. The maximum atomic E-state index is 12.4. The van der Waals surface area contributed by atoms with E-state index in [-0.39, 0.29) is 12.5 Å². The van der Waals surface area contributed by atoms with Crippen LogP contribution in [0.3, 0.4) is 0 Å². The molecule has 3 aromatic rings. The van der Waals surface area contributed by atoms with Crippen molar-refractivity contribution in [2.45, 2.75) is 27.3 Å². The Morgan fingerprint density at radius 2 is 1.96 bits per heavy atom. The van der Waals surface area contributed by atoms with Crippen LogP contribution in [-0.4, -0.2) is 17.1 Å². The number of rotatable bonds is 5. The zero-order valence-electron chi connectivity index (χ0n) is 14.3. The number of aryl methyl sites for hydroxylation is 2. The lowest BCUT2D eigenvalue weighted by Crippen LogP contribution is -2.18. The number of hydrogen-bond donors (Lipinski definition) is 1. The van der Waals surface area contributed by atoms with Crippen LogP contribution in [-0.2, 0) is 11.3 Å². The van der Waals surface area contributed by atoms with Crippen LogP contribution in [0.1, 0.15) is 18.1 Å². The molecule has 1 N–H and O–H groups in total. The number of nitrogens with zero attached hydrogens (tertiary/aromatic N) is 1. The molecule has 0 bridgehead atoms. The van der Waals surface area contributed by atoms with Crippen molar-refractivity contribution in [2.24, 2.45) is 0 Å². The molecule has 0 aliphatic heterocycles. The van der Waals surface area contributed by atoms with Crippen LogP contribution in [0.15, 0.2) is 48.7 Å². The van der Waals surface area contributed by atoms with Crippen LogP contribution in [0.2, 0.25) is 0 Å². The highest BCUT2D eigenvalue weighted by Gasteiger charge is 2.09. The maximum absolute atomic E-state index is 12.4. The molecule has 0 saturated heterocycles. The van der Waals surface area contributed by atoms with Gasteiger partial charge in [0.1, 0.15) is 12.3 Å². The van der Waals surface area contributed by atoms with Crippen LogP contribution >= 0.6 is 0 Å². The second-order valence-electron chi connectivity index (χ2n) is 5.96. The summed E-state index contributed by atoms with van der Waals surface area (Å²) in [5, 5.41) is 4.06. The molecule has 0 aliphatic carbocycles. The van der Waals surface area contributed by atoms with Crippen molar-refractivity contribution in [1.82, 2.24) is 4.57 Å². The number of carbonyl (C=O) groups excluding carboxylic acids is 1. The lowest BCUT2D eigenvalue weighted by molar-refractivity contribution is -0.116. The molecule has 3 rings (SSSR count). The van der Waals surface area contributed by atoms with Gasteiger partial charge in [-0.3, -0.25) is 4.79 Å². The first-order valence-corrected chi connectivity index (χ1v) is 8.15. The third kappa shape index (κ3) is 3.43. The molecule has 0 atom stereocenters. The highest BCUT2D eigenvalue weighted by atomic mass is 16.5. The molecule has 124 valence electrons. The Morgan fingerprint density at radius 1 is 1.12 bits per heavy atom. The van der Waals surface area contributed by atoms with Crippen molar-refractivity contribution >= 4 is 22.5 Å². The summed E-state index contributed by atoms with van der Waals surface area (Å²) in [5.41, 5.74) is 4.14. The van der Waals surface area contributed by atoms with Gasteiger partial charge in [-0.15, -0.1) is 0 Å². The molecule has 0 fully saturated rings. The van der Waals surface area contributed by atoms with Crippen molar-refractivity contribution in [1.29, 1.82) is 0 Å². The van der Waals surface area contributed by atoms with Crippen LogP contribution < -0.4 is 10.1 Å². The largest absolute Gasteiger partial charge is 0.494 e. The summed E-state index contributed by atoms with van der Waals surface area (Å²) in [6.45, 7) is 6.94. The molecule has 4 nitrogen and oxygen atoms in total. The van der Waals surface area contributed by atoms with Crippen molar-refractivity contribution in [3.63, 3.8) is 0 Å². The average molecular weight is 322 g/mol. The van der Waals surface area contributed by atoms with E-state index in [4.69, 9.17) is 4.74 Å². The topological polar surface area (TPSA) is 43.3 Å². The van der Waals surface area contributed by atoms with Crippen molar-refractivity contribution in [3.8, 4) is 5.75 Å². The van der Waals surface area contributed by atoms with Gasteiger partial charge in [-0.1, -0.05) is 17.7 Å². The lowest BCUT2D eigenvalue weighted by atomic mass is 10.1. The summed E-state index contributed by atoms with van der Waals surface area (Å²) in [6, 6.07) is 13.9.